The Hall–Kier alpha value is -6.84. The molecule has 0 aliphatic rings. The molecule has 0 saturated heterocycles. The van der Waals surface area contributed by atoms with E-state index < -0.39 is 0 Å². The smallest absolute Gasteiger partial charge is 0.0362 e. The second kappa shape index (κ2) is 12.3. The fraction of sp³-hybridized carbons (Fsp3) is 0. The van der Waals surface area contributed by atoms with Crippen molar-refractivity contribution < 1.29 is 0 Å². The minimum Gasteiger partial charge on any atom is -0.135 e. The molecule has 0 N–H and O–H groups in total. The van der Waals surface area contributed by atoms with Crippen molar-refractivity contribution in [2.45, 2.75) is 0 Å². The lowest BCUT2D eigenvalue weighted by molar-refractivity contribution is 1.67. The topological polar surface area (TPSA) is 0 Å². The Morgan fingerprint density at radius 1 is 0.224 bits per heavy atom. The van der Waals surface area contributed by atoms with Gasteiger partial charge in [-0.1, -0.05) is 158 Å². The zero-order chi connectivity index (χ0) is 37.9. The first-order chi connectivity index (χ1) is 28.7. The van der Waals surface area contributed by atoms with Crippen LogP contribution in [0.25, 0.3) is 128 Å². The molecule has 0 atom stereocenters. The average molecular weight is 769 g/mol. The molecular formula is C56H32S2. The first-order valence-electron chi connectivity index (χ1n) is 19.9. The van der Waals surface area contributed by atoms with Gasteiger partial charge < -0.3 is 0 Å². The Kier molecular flexibility index (Phi) is 6.86. The molecule has 0 aliphatic heterocycles. The second-order valence-electron chi connectivity index (χ2n) is 15.5. The maximum Gasteiger partial charge on any atom is 0.0362 e. The molecule has 58 heavy (non-hydrogen) atoms. The summed E-state index contributed by atoms with van der Waals surface area (Å²) in [6.45, 7) is 0. The van der Waals surface area contributed by atoms with Gasteiger partial charge in [-0.15, -0.1) is 22.7 Å². The number of hydrogen-bond donors (Lipinski definition) is 0. The minimum atomic E-state index is 1.24. The molecule has 11 aromatic carbocycles. The van der Waals surface area contributed by atoms with E-state index in [0.717, 1.165) is 0 Å². The third-order valence-corrected chi connectivity index (χ3v) is 14.7. The highest BCUT2D eigenvalue weighted by Crippen LogP contribution is 2.48. The maximum atomic E-state index is 2.43. The van der Waals surface area contributed by atoms with Crippen molar-refractivity contribution in [2.24, 2.45) is 0 Å². The van der Waals surface area contributed by atoms with Gasteiger partial charge in [-0.05, 0) is 124 Å². The van der Waals surface area contributed by atoms with Gasteiger partial charge in [-0.25, -0.2) is 0 Å². The van der Waals surface area contributed by atoms with Crippen molar-refractivity contribution in [1.29, 1.82) is 0 Å². The van der Waals surface area contributed by atoms with Gasteiger partial charge in [0.25, 0.3) is 0 Å². The highest BCUT2D eigenvalue weighted by atomic mass is 32.1. The molecule has 0 amide bonds. The molecule has 0 spiro atoms. The molecule has 2 aromatic heterocycles. The number of benzene rings is 11. The number of fused-ring (bicyclic) bond motifs is 11. The third kappa shape index (κ3) is 4.68. The van der Waals surface area contributed by atoms with E-state index in [1.54, 1.807) is 0 Å². The van der Waals surface area contributed by atoms with Crippen molar-refractivity contribution in [2.75, 3.05) is 0 Å². The molecule has 0 nitrogen and oxygen atoms in total. The molecule has 268 valence electrons. The largest absolute Gasteiger partial charge is 0.135 e. The van der Waals surface area contributed by atoms with E-state index >= 15 is 0 Å². The van der Waals surface area contributed by atoms with Crippen LogP contribution in [0.5, 0.6) is 0 Å². The SMILES string of the molecule is c1ccc2c(-c3c4ccccc4c(-c4ccc(-c5ccc6cc7sc8cc9c(cc8c7cc6c5)sc5ccccc59)c5ccccc45)c4ccccc34)cccc2c1. The second-order valence-corrected chi connectivity index (χ2v) is 17.7. The lowest BCUT2D eigenvalue weighted by Gasteiger charge is -2.20. The van der Waals surface area contributed by atoms with Crippen LogP contribution in [0.3, 0.4) is 0 Å². The number of rotatable bonds is 3. The molecule has 0 saturated carbocycles. The zero-order valence-electron chi connectivity index (χ0n) is 31.3. The monoisotopic (exact) mass is 768 g/mol. The quantitative estimate of drug-likeness (QED) is 0.157. The Labute approximate surface area is 342 Å². The van der Waals surface area contributed by atoms with Crippen LogP contribution >= 0.6 is 22.7 Å². The summed E-state index contributed by atoms with van der Waals surface area (Å²) in [6.07, 6.45) is 0. The first kappa shape index (κ1) is 32.3. The van der Waals surface area contributed by atoms with Crippen LogP contribution in [0.4, 0.5) is 0 Å². The summed E-state index contributed by atoms with van der Waals surface area (Å²) >= 11 is 3.81. The summed E-state index contributed by atoms with van der Waals surface area (Å²) in [5.74, 6) is 0. The Morgan fingerprint density at radius 3 is 1.41 bits per heavy atom. The van der Waals surface area contributed by atoms with Crippen LogP contribution in [-0.2, 0) is 0 Å². The van der Waals surface area contributed by atoms with Gasteiger partial charge in [0.1, 0.15) is 0 Å². The van der Waals surface area contributed by atoms with Gasteiger partial charge in [-0.3, -0.25) is 0 Å². The molecule has 13 rings (SSSR count). The van der Waals surface area contributed by atoms with E-state index in [0.29, 0.717) is 0 Å². The summed E-state index contributed by atoms with van der Waals surface area (Å²) in [5, 5.41) is 18.1. The van der Waals surface area contributed by atoms with E-state index in [-0.39, 0.29) is 0 Å². The summed E-state index contributed by atoms with van der Waals surface area (Å²) in [4.78, 5) is 0. The summed E-state index contributed by atoms with van der Waals surface area (Å²) in [5.41, 5.74) is 7.61. The third-order valence-electron chi connectivity index (χ3n) is 12.4. The van der Waals surface area contributed by atoms with E-state index in [4.69, 9.17) is 0 Å². The number of thiophene rings is 2. The van der Waals surface area contributed by atoms with Gasteiger partial charge in [0.05, 0.1) is 0 Å². The molecule has 0 radical (unpaired) electrons. The fourth-order valence-electron chi connectivity index (χ4n) is 9.83. The minimum absolute atomic E-state index is 1.24. The number of hydrogen-bond acceptors (Lipinski definition) is 2. The van der Waals surface area contributed by atoms with Gasteiger partial charge in [0, 0.05) is 40.3 Å². The van der Waals surface area contributed by atoms with Crippen LogP contribution in [0.15, 0.2) is 194 Å². The molecule has 0 fully saturated rings. The lowest BCUT2D eigenvalue weighted by atomic mass is 9.83. The van der Waals surface area contributed by atoms with Crippen molar-refractivity contribution in [3.05, 3.63) is 194 Å². The highest BCUT2D eigenvalue weighted by molar-refractivity contribution is 7.27. The van der Waals surface area contributed by atoms with E-state index in [2.05, 4.69) is 194 Å². The van der Waals surface area contributed by atoms with Crippen molar-refractivity contribution in [1.82, 2.24) is 0 Å². The van der Waals surface area contributed by atoms with Gasteiger partial charge in [0.15, 0.2) is 0 Å². The summed E-state index contributed by atoms with van der Waals surface area (Å²) in [6, 6.07) is 72.7. The summed E-state index contributed by atoms with van der Waals surface area (Å²) < 4.78 is 5.41. The molecule has 0 aliphatic carbocycles. The molecule has 2 heteroatoms. The Morgan fingerprint density at radius 2 is 0.707 bits per heavy atom. The molecule has 13 aromatic rings. The van der Waals surface area contributed by atoms with Crippen LogP contribution in [0.2, 0.25) is 0 Å². The van der Waals surface area contributed by atoms with Gasteiger partial charge >= 0.3 is 0 Å². The molecule has 0 unspecified atom stereocenters. The Bertz CT molecular complexity index is 3800. The van der Waals surface area contributed by atoms with Crippen LogP contribution in [-0.4, -0.2) is 0 Å². The van der Waals surface area contributed by atoms with Crippen molar-refractivity contribution in [3.8, 4) is 33.4 Å². The van der Waals surface area contributed by atoms with Crippen molar-refractivity contribution >= 4 is 117 Å². The van der Waals surface area contributed by atoms with Crippen molar-refractivity contribution in [3.63, 3.8) is 0 Å². The highest BCUT2D eigenvalue weighted by Gasteiger charge is 2.20. The van der Waals surface area contributed by atoms with Gasteiger partial charge in [0.2, 0.25) is 0 Å². The van der Waals surface area contributed by atoms with Gasteiger partial charge in [-0.2, -0.15) is 0 Å². The summed E-state index contributed by atoms with van der Waals surface area (Å²) in [7, 11) is 0. The predicted molar refractivity (Wildman–Crippen MR) is 256 cm³/mol. The van der Waals surface area contributed by atoms with E-state index in [1.807, 2.05) is 22.7 Å². The maximum absolute atomic E-state index is 2.43. The fourth-order valence-corrected chi connectivity index (χ4v) is 12.1. The predicted octanol–water partition coefficient (Wildman–Crippen LogP) is 17.2. The normalized spacial score (nSPS) is 12.1. The zero-order valence-corrected chi connectivity index (χ0v) is 32.9. The van der Waals surface area contributed by atoms with Crippen LogP contribution in [0.1, 0.15) is 0 Å². The van der Waals surface area contributed by atoms with E-state index in [9.17, 15) is 0 Å². The molecular weight excluding hydrogens is 737 g/mol. The van der Waals surface area contributed by atoms with Crippen LogP contribution in [0, 0.1) is 0 Å². The van der Waals surface area contributed by atoms with Crippen LogP contribution < -0.4 is 0 Å². The average Bonchev–Trinajstić information content (AvgIpc) is 3.82. The molecule has 2 heterocycles. The van der Waals surface area contributed by atoms with E-state index in [1.165, 1.54) is 128 Å². The standard InChI is InChI=1S/C56H32S2/c1-2-14-37-33(12-1)13-11-22-42(37)55-43-18-5-7-20-45(43)56(46-21-8-6-19-44(46)55)47-27-26-38(39-15-3-4-16-40(39)47)35-25-24-34-30-52-48(29-36(34)28-35)50-32-53-49(31-54(50)58-52)41-17-9-10-23-51(41)57-53/h1-32H. The molecule has 0 bridgehead atoms. The lowest BCUT2D eigenvalue weighted by Crippen LogP contribution is -1.93. The Balaban J connectivity index is 1.01. The first-order valence-corrected chi connectivity index (χ1v) is 21.5.